The zero-order valence-corrected chi connectivity index (χ0v) is 27.8. The molecule has 0 aromatic heterocycles. The van der Waals surface area contributed by atoms with Crippen molar-refractivity contribution in [2.24, 2.45) is 4.99 Å². The Morgan fingerprint density at radius 2 is 1.55 bits per heavy atom. The van der Waals surface area contributed by atoms with Crippen molar-refractivity contribution in [2.45, 2.75) is 25.4 Å². The molecule has 2 aliphatic rings. The Morgan fingerprint density at radius 1 is 0.894 bits per heavy atom. The number of carbonyl (C=O) groups is 1. The third kappa shape index (κ3) is 8.19. The van der Waals surface area contributed by atoms with Gasteiger partial charge in [0.1, 0.15) is 5.82 Å². The molecule has 1 unspecified atom stereocenters. The number of anilines is 1. The van der Waals surface area contributed by atoms with Gasteiger partial charge in [-0.2, -0.15) is 0 Å². The summed E-state index contributed by atoms with van der Waals surface area (Å²) in [4.78, 5) is 28.2. The van der Waals surface area contributed by atoms with Crippen molar-refractivity contribution < 1.29 is 9.18 Å². The summed E-state index contributed by atoms with van der Waals surface area (Å²) in [6.07, 6.45) is 1.40. The highest BCUT2D eigenvalue weighted by Gasteiger charge is 2.36. The Bertz CT molecular complexity index is 1670. The van der Waals surface area contributed by atoms with E-state index in [2.05, 4.69) is 69.3 Å². The smallest absolute Gasteiger partial charge is 0.222 e. The van der Waals surface area contributed by atoms with Gasteiger partial charge in [0.05, 0.1) is 18.2 Å². The van der Waals surface area contributed by atoms with Crippen molar-refractivity contribution in [3.05, 3.63) is 119 Å². The predicted molar refractivity (Wildman–Crippen MR) is 190 cm³/mol. The highest BCUT2D eigenvalue weighted by molar-refractivity contribution is 6.30. The monoisotopic (exact) mass is 652 g/mol. The van der Waals surface area contributed by atoms with Gasteiger partial charge < -0.3 is 20.0 Å². The molecule has 0 saturated carbocycles. The van der Waals surface area contributed by atoms with E-state index in [9.17, 15) is 9.18 Å². The number of halogens is 2. The number of amides is 1. The van der Waals surface area contributed by atoms with E-state index in [4.69, 9.17) is 16.6 Å². The summed E-state index contributed by atoms with van der Waals surface area (Å²) in [5.74, 6) is 0.564. The zero-order chi connectivity index (χ0) is 32.8. The number of nitrogens with one attached hydrogen (secondary N) is 1. The van der Waals surface area contributed by atoms with Crippen LogP contribution in [0.15, 0.2) is 102 Å². The fourth-order valence-electron chi connectivity index (χ4n) is 6.32. The molecule has 6 rings (SSSR count). The number of nitrogens with zero attached hydrogens (tertiary/aromatic N) is 5. The summed E-state index contributed by atoms with van der Waals surface area (Å²) in [6, 6.07) is 30.2. The zero-order valence-electron chi connectivity index (χ0n) is 27.1. The van der Waals surface area contributed by atoms with Gasteiger partial charge in [-0.1, -0.05) is 66.2 Å². The summed E-state index contributed by atoms with van der Waals surface area (Å²) in [6.45, 7) is 6.19. The average Bonchev–Trinajstić information content (AvgIpc) is 3.08. The van der Waals surface area contributed by atoms with Crippen molar-refractivity contribution in [3.63, 3.8) is 0 Å². The van der Waals surface area contributed by atoms with E-state index >= 15 is 0 Å². The van der Waals surface area contributed by atoms with Crippen LogP contribution in [0, 0.1) is 5.82 Å². The Hall–Kier alpha value is -4.24. The highest BCUT2D eigenvalue weighted by atomic mass is 35.5. The van der Waals surface area contributed by atoms with E-state index in [0.29, 0.717) is 11.6 Å². The van der Waals surface area contributed by atoms with Crippen LogP contribution >= 0.6 is 11.6 Å². The fraction of sp³-hybridized carbons (Fsp3) is 0.316. The number of piperazine rings is 1. The molecule has 4 aromatic carbocycles. The summed E-state index contributed by atoms with van der Waals surface area (Å²) < 4.78 is 13.6. The second kappa shape index (κ2) is 15.1. The van der Waals surface area contributed by atoms with Crippen LogP contribution in [0.4, 0.5) is 15.8 Å². The molecule has 47 heavy (non-hydrogen) atoms. The Balaban J connectivity index is 1.29. The molecule has 1 saturated heterocycles. The number of fused-ring (bicyclic) bond motifs is 1. The van der Waals surface area contributed by atoms with Crippen LogP contribution in [0.25, 0.3) is 11.1 Å². The van der Waals surface area contributed by atoms with Gasteiger partial charge in [0.15, 0.2) is 0 Å². The van der Waals surface area contributed by atoms with Crippen LogP contribution in [0.5, 0.6) is 0 Å². The van der Waals surface area contributed by atoms with Gasteiger partial charge >= 0.3 is 0 Å². The molecule has 1 atom stereocenters. The van der Waals surface area contributed by atoms with Crippen LogP contribution < -0.4 is 10.2 Å². The quantitative estimate of drug-likeness (QED) is 0.201. The topological polar surface area (TPSA) is 54.4 Å². The van der Waals surface area contributed by atoms with Crippen molar-refractivity contribution >= 4 is 34.8 Å². The number of hydrogen-bond donors (Lipinski definition) is 1. The third-order valence-corrected chi connectivity index (χ3v) is 9.13. The second-order valence-corrected chi connectivity index (χ2v) is 12.9. The molecule has 7 nitrogen and oxygen atoms in total. The molecule has 2 aliphatic heterocycles. The largest absolute Gasteiger partial charge is 0.352 e. The van der Waals surface area contributed by atoms with E-state index in [-0.39, 0.29) is 24.2 Å². The first-order valence-corrected chi connectivity index (χ1v) is 16.7. The number of carbonyl (C=O) groups excluding carboxylic acids is 1. The maximum absolute atomic E-state index is 13.6. The van der Waals surface area contributed by atoms with Crippen molar-refractivity contribution in [1.82, 2.24) is 20.0 Å². The number of benzene rings is 4. The number of guanidine groups is 1. The van der Waals surface area contributed by atoms with Crippen molar-refractivity contribution in [2.75, 3.05) is 58.3 Å². The Labute approximate surface area is 282 Å². The van der Waals surface area contributed by atoms with Gasteiger partial charge in [-0.15, -0.1) is 0 Å². The number of aliphatic imine (C=N–C) groups is 1. The standard InChI is InChI=1S/C38H42ClFN6O/c1-43(2)20-5-21-44-22-24-45(25-23-44)38-42-35-7-4-3-6-34(35)36(26-37(47)41-27-28-8-14-31(39)15-9-28)46(38)33-18-12-30(13-19-33)29-10-16-32(40)17-11-29/h3-4,6-19,36H,5,20-27H2,1-2H3,(H,41,47). The summed E-state index contributed by atoms with van der Waals surface area (Å²) >= 11 is 6.07. The van der Waals surface area contributed by atoms with Gasteiger partial charge in [0.2, 0.25) is 11.9 Å². The van der Waals surface area contributed by atoms with E-state index < -0.39 is 0 Å². The minimum atomic E-state index is -0.265. The third-order valence-electron chi connectivity index (χ3n) is 8.88. The molecular weight excluding hydrogens is 611 g/mol. The first-order valence-electron chi connectivity index (χ1n) is 16.3. The SMILES string of the molecule is CN(C)CCCN1CCN(C2=Nc3ccccc3C(CC(=O)NCc3ccc(Cl)cc3)N2c2ccc(-c3ccc(F)cc3)cc2)CC1. The van der Waals surface area contributed by atoms with Gasteiger partial charge in [-0.3, -0.25) is 9.69 Å². The molecule has 9 heteroatoms. The van der Waals surface area contributed by atoms with Crippen LogP contribution in [-0.4, -0.2) is 79.9 Å². The molecule has 4 aromatic rings. The summed E-state index contributed by atoms with van der Waals surface area (Å²) in [7, 11) is 4.23. The molecule has 0 spiro atoms. The summed E-state index contributed by atoms with van der Waals surface area (Å²) in [5, 5.41) is 3.80. The van der Waals surface area contributed by atoms with Crippen molar-refractivity contribution in [3.8, 4) is 11.1 Å². The Morgan fingerprint density at radius 3 is 2.23 bits per heavy atom. The van der Waals surface area contributed by atoms with Crippen LogP contribution in [0.3, 0.4) is 0 Å². The van der Waals surface area contributed by atoms with Gasteiger partial charge in [0.25, 0.3) is 0 Å². The highest BCUT2D eigenvalue weighted by Crippen LogP contribution is 2.41. The van der Waals surface area contributed by atoms with Crippen LogP contribution in [0.2, 0.25) is 5.02 Å². The lowest BCUT2D eigenvalue weighted by Crippen LogP contribution is -2.55. The van der Waals surface area contributed by atoms with E-state index in [0.717, 1.165) is 85.3 Å². The molecule has 0 aliphatic carbocycles. The van der Waals surface area contributed by atoms with E-state index in [1.165, 1.54) is 12.1 Å². The normalized spacial score (nSPS) is 16.6. The molecule has 2 heterocycles. The summed E-state index contributed by atoms with van der Waals surface area (Å²) in [5.41, 5.74) is 5.79. The lowest BCUT2D eigenvalue weighted by Gasteiger charge is -2.45. The van der Waals surface area contributed by atoms with Crippen LogP contribution in [-0.2, 0) is 11.3 Å². The van der Waals surface area contributed by atoms with Gasteiger partial charge in [0, 0.05) is 49.0 Å². The minimum absolute atomic E-state index is 0.0420. The number of para-hydroxylation sites is 1. The van der Waals surface area contributed by atoms with E-state index in [1.54, 1.807) is 12.1 Å². The van der Waals surface area contributed by atoms with Crippen LogP contribution in [0.1, 0.15) is 30.0 Å². The second-order valence-electron chi connectivity index (χ2n) is 12.5. The molecule has 1 amide bonds. The molecular formula is C38H42ClFN6O. The van der Waals surface area contributed by atoms with E-state index in [1.807, 2.05) is 42.5 Å². The molecule has 0 radical (unpaired) electrons. The first kappa shape index (κ1) is 32.7. The lowest BCUT2D eigenvalue weighted by atomic mass is 9.96. The first-order chi connectivity index (χ1) is 22.8. The van der Waals surface area contributed by atoms with Gasteiger partial charge in [-0.25, -0.2) is 9.38 Å². The fourth-order valence-corrected chi connectivity index (χ4v) is 6.45. The predicted octanol–water partition coefficient (Wildman–Crippen LogP) is 6.97. The van der Waals surface area contributed by atoms with Gasteiger partial charge in [-0.05, 0) is 92.8 Å². The Kier molecular flexibility index (Phi) is 10.5. The maximum Gasteiger partial charge on any atom is 0.222 e. The number of rotatable bonds is 10. The van der Waals surface area contributed by atoms with Crippen molar-refractivity contribution in [1.29, 1.82) is 0 Å². The molecule has 1 N–H and O–H groups in total. The maximum atomic E-state index is 13.6. The molecule has 0 bridgehead atoms. The average molecular weight is 653 g/mol. The number of hydrogen-bond acceptors (Lipinski definition) is 6. The lowest BCUT2D eigenvalue weighted by molar-refractivity contribution is -0.121. The molecule has 1 fully saturated rings. The molecule has 244 valence electrons. The minimum Gasteiger partial charge on any atom is -0.352 e.